The van der Waals surface area contributed by atoms with Crippen LogP contribution in [0, 0.1) is 17.1 Å². The van der Waals surface area contributed by atoms with Crippen LogP contribution in [0.2, 0.25) is 0 Å². The van der Waals surface area contributed by atoms with Crippen LogP contribution < -0.4 is 4.74 Å². The Bertz CT molecular complexity index is 370. The summed E-state index contributed by atoms with van der Waals surface area (Å²) in [4.78, 5) is 0. The lowest BCUT2D eigenvalue weighted by Gasteiger charge is -2.20. The van der Waals surface area contributed by atoms with Gasteiger partial charge < -0.3 is 4.74 Å². The van der Waals surface area contributed by atoms with Gasteiger partial charge in [-0.25, -0.2) is 4.39 Å². The third kappa shape index (κ3) is 1.48. The smallest absolute Gasteiger partial charge is 0.184 e. The van der Waals surface area contributed by atoms with Crippen LogP contribution in [0.4, 0.5) is 4.39 Å². The van der Waals surface area contributed by atoms with Gasteiger partial charge in [-0.1, -0.05) is 0 Å². The Balaban J connectivity index is 2.32. The molecule has 1 aliphatic heterocycles. The van der Waals surface area contributed by atoms with E-state index in [1.807, 2.05) is 6.07 Å². The quantitative estimate of drug-likeness (QED) is 0.607. The van der Waals surface area contributed by atoms with Gasteiger partial charge in [0, 0.05) is 6.42 Å². The van der Waals surface area contributed by atoms with Gasteiger partial charge in [0.15, 0.2) is 6.10 Å². The molecule has 0 N–H and O–H groups in total. The summed E-state index contributed by atoms with van der Waals surface area (Å²) in [6, 6.07) is 6.43. The third-order valence-electron chi connectivity index (χ3n) is 2.11. The van der Waals surface area contributed by atoms with Crippen molar-refractivity contribution in [1.82, 2.24) is 0 Å². The van der Waals surface area contributed by atoms with Gasteiger partial charge in [0.05, 0.1) is 0 Å². The molecule has 2 nitrogen and oxygen atoms in total. The molecule has 1 aromatic rings. The van der Waals surface area contributed by atoms with Crippen molar-refractivity contribution in [3.05, 3.63) is 29.6 Å². The molecule has 1 unspecified atom stereocenters. The van der Waals surface area contributed by atoms with E-state index >= 15 is 0 Å². The van der Waals surface area contributed by atoms with E-state index in [1.165, 1.54) is 12.1 Å². The number of fused-ring (bicyclic) bond motifs is 1. The summed E-state index contributed by atoms with van der Waals surface area (Å²) in [5.41, 5.74) is 0.853. The SMILES string of the molecule is N#CC1CCc2cc(F)ccc2O1. The molecule has 1 aliphatic rings. The first-order valence-corrected chi connectivity index (χ1v) is 4.14. The van der Waals surface area contributed by atoms with Crippen LogP contribution >= 0.6 is 0 Å². The normalized spacial score (nSPS) is 19.8. The maximum absolute atomic E-state index is 12.8. The fourth-order valence-electron chi connectivity index (χ4n) is 1.45. The molecule has 0 aliphatic carbocycles. The van der Waals surface area contributed by atoms with Gasteiger partial charge in [0.1, 0.15) is 17.6 Å². The largest absolute Gasteiger partial charge is 0.475 e. The molecule has 13 heavy (non-hydrogen) atoms. The molecule has 0 spiro atoms. The van der Waals surface area contributed by atoms with E-state index in [1.54, 1.807) is 6.07 Å². The molecule has 0 aromatic heterocycles. The molecule has 1 heterocycles. The van der Waals surface area contributed by atoms with Crippen molar-refractivity contribution in [2.75, 3.05) is 0 Å². The molecule has 0 fully saturated rings. The zero-order valence-electron chi connectivity index (χ0n) is 6.96. The number of hydrogen-bond acceptors (Lipinski definition) is 2. The monoisotopic (exact) mass is 177 g/mol. The highest BCUT2D eigenvalue weighted by Gasteiger charge is 2.18. The first kappa shape index (κ1) is 8.06. The predicted molar refractivity (Wildman–Crippen MR) is 44.8 cm³/mol. The van der Waals surface area contributed by atoms with Crippen LogP contribution in [-0.4, -0.2) is 6.10 Å². The molecule has 0 radical (unpaired) electrons. The summed E-state index contributed by atoms with van der Waals surface area (Å²) >= 11 is 0. The number of nitriles is 1. The second-order valence-corrected chi connectivity index (χ2v) is 3.03. The van der Waals surface area contributed by atoms with Crippen LogP contribution in [0.25, 0.3) is 0 Å². The molecule has 0 amide bonds. The Kier molecular flexibility index (Phi) is 1.90. The fraction of sp³-hybridized carbons (Fsp3) is 0.300. The van der Waals surface area contributed by atoms with Gasteiger partial charge in [0.2, 0.25) is 0 Å². The molecule has 0 bridgehead atoms. The van der Waals surface area contributed by atoms with E-state index in [0.29, 0.717) is 18.6 Å². The Hall–Kier alpha value is -1.56. The molecule has 0 saturated carbocycles. The Morgan fingerprint density at radius 2 is 2.38 bits per heavy atom. The molecule has 0 saturated heterocycles. The van der Waals surface area contributed by atoms with E-state index < -0.39 is 0 Å². The third-order valence-corrected chi connectivity index (χ3v) is 2.11. The molecule has 2 rings (SSSR count). The van der Waals surface area contributed by atoms with Crippen LogP contribution in [0.5, 0.6) is 5.75 Å². The van der Waals surface area contributed by atoms with Crippen molar-refractivity contribution in [2.45, 2.75) is 18.9 Å². The number of hydrogen-bond donors (Lipinski definition) is 0. The highest BCUT2D eigenvalue weighted by Crippen LogP contribution is 2.27. The summed E-state index contributed by atoms with van der Waals surface area (Å²) in [6.07, 6.45) is 0.983. The highest BCUT2D eigenvalue weighted by molar-refractivity contribution is 5.36. The van der Waals surface area contributed by atoms with E-state index in [2.05, 4.69) is 0 Å². The van der Waals surface area contributed by atoms with Gasteiger partial charge in [0.25, 0.3) is 0 Å². The minimum absolute atomic E-state index is 0.252. The number of rotatable bonds is 0. The van der Waals surface area contributed by atoms with E-state index in [-0.39, 0.29) is 11.9 Å². The summed E-state index contributed by atoms with van der Waals surface area (Å²) in [6.45, 7) is 0. The average Bonchev–Trinajstić information content (AvgIpc) is 2.17. The van der Waals surface area contributed by atoms with E-state index in [4.69, 9.17) is 10.00 Å². The van der Waals surface area contributed by atoms with Gasteiger partial charge in [-0.15, -0.1) is 0 Å². The maximum atomic E-state index is 12.8. The Labute approximate surface area is 75.6 Å². The molecular formula is C10H8FNO. The summed E-state index contributed by atoms with van der Waals surface area (Å²) < 4.78 is 18.1. The number of benzene rings is 1. The van der Waals surface area contributed by atoms with Gasteiger partial charge >= 0.3 is 0 Å². The number of aryl methyl sites for hydroxylation is 1. The molecular weight excluding hydrogens is 169 g/mol. The second kappa shape index (κ2) is 3.06. The topological polar surface area (TPSA) is 33.0 Å². The molecule has 3 heteroatoms. The number of nitrogens with zero attached hydrogens (tertiary/aromatic N) is 1. The van der Waals surface area contributed by atoms with Crippen molar-refractivity contribution in [3.63, 3.8) is 0 Å². The van der Waals surface area contributed by atoms with Gasteiger partial charge in [-0.2, -0.15) is 5.26 Å². The molecule has 1 atom stereocenters. The van der Waals surface area contributed by atoms with Gasteiger partial charge in [-0.05, 0) is 30.2 Å². The molecule has 1 aromatic carbocycles. The lowest BCUT2D eigenvalue weighted by molar-refractivity contribution is 0.225. The number of halogens is 1. The van der Waals surface area contributed by atoms with Crippen molar-refractivity contribution < 1.29 is 9.13 Å². The highest BCUT2D eigenvalue weighted by atomic mass is 19.1. The minimum atomic E-state index is -0.377. The summed E-state index contributed by atoms with van der Waals surface area (Å²) in [7, 11) is 0. The summed E-state index contributed by atoms with van der Waals surface area (Å²) in [5, 5.41) is 8.62. The lowest BCUT2D eigenvalue weighted by atomic mass is 10.0. The average molecular weight is 177 g/mol. The van der Waals surface area contributed by atoms with Crippen molar-refractivity contribution in [1.29, 1.82) is 5.26 Å². The minimum Gasteiger partial charge on any atom is -0.475 e. The van der Waals surface area contributed by atoms with Crippen LogP contribution in [0.1, 0.15) is 12.0 Å². The Morgan fingerprint density at radius 1 is 1.54 bits per heavy atom. The van der Waals surface area contributed by atoms with E-state index in [9.17, 15) is 4.39 Å². The molecule has 66 valence electrons. The standard InChI is InChI=1S/C10H8FNO/c11-8-2-4-10-7(5-8)1-3-9(6-12)13-10/h2,4-5,9H,1,3H2. The first-order valence-electron chi connectivity index (χ1n) is 4.14. The van der Waals surface area contributed by atoms with Crippen molar-refractivity contribution in [3.8, 4) is 11.8 Å². The van der Waals surface area contributed by atoms with Crippen LogP contribution in [0.3, 0.4) is 0 Å². The fourth-order valence-corrected chi connectivity index (χ4v) is 1.45. The number of ether oxygens (including phenoxy) is 1. The second-order valence-electron chi connectivity index (χ2n) is 3.03. The maximum Gasteiger partial charge on any atom is 0.184 e. The zero-order valence-corrected chi connectivity index (χ0v) is 6.96. The van der Waals surface area contributed by atoms with Crippen LogP contribution in [-0.2, 0) is 6.42 Å². The lowest BCUT2D eigenvalue weighted by Crippen LogP contribution is -2.20. The first-order chi connectivity index (χ1) is 6.29. The van der Waals surface area contributed by atoms with Crippen molar-refractivity contribution >= 4 is 0 Å². The predicted octanol–water partition coefficient (Wildman–Crippen LogP) is 2.04. The summed E-state index contributed by atoms with van der Waals surface area (Å²) in [5.74, 6) is 0.386. The Morgan fingerprint density at radius 3 is 3.15 bits per heavy atom. The van der Waals surface area contributed by atoms with Crippen LogP contribution in [0.15, 0.2) is 18.2 Å². The van der Waals surface area contributed by atoms with Gasteiger partial charge in [-0.3, -0.25) is 0 Å². The van der Waals surface area contributed by atoms with Crippen molar-refractivity contribution in [2.24, 2.45) is 0 Å². The van der Waals surface area contributed by atoms with E-state index in [0.717, 1.165) is 5.56 Å². The zero-order chi connectivity index (χ0) is 9.26.